The molecule has 0 aliphatic carbocycles. The number of Topliss-reactive ketones (excluding diaryl/α,β-unsaturated/α-hetero) is 1. The summed E-state index contributed by atoms with van der Waals surface area (Å²) in [6.07, 6.45) is 3.20. The van der Waals surface area contributed by atoms with Crippen molar-refractivity contribution in [2.75, 3.05) is 6.79 Å². The van der Waals surface area contributed by atoms with E-state index in [4.69, 9.17) is 9.47 Å². The van der Waals surface area contributed by atoms with E-state index in [1.54, 1.807) is 42.7 Å². The molecule has 32 heavy (non-hydrogen) atoms. The van der Waals surface area contributed by atoms with Crippen LogP contribution in [0, 0.1) is 5.82 Å². The molecule has 1 saturated heterocycles. The standard InChI is InChI=1S/C24H17FN2O5/c25-17-6-3-15(4-7-17)21-20(22(28)16-5-8-18-19(10-16)32-13-31-18)23(29)24(30)27(21)12-14-2-1-9-26-11-14/h1-11,21,28H,12-13H2/b22-20+. The van der Waals surface area contributed by atoms with Gasteiger partial charge in [-0.2, -0.15) is 0 Å². The van der Waals surface area contributed by atoms with E-state index in [0.717, 1.165) is 0 Å². The molecule has 3 heterocycles. The highest BCUT2D eigenvalue weighted by molar-refractivity contribution is 6.46. The Kier molecular flexibility index (Phi) is 4.82. The Morgan fingerprint density at radius 3 is 2.62 bits per heavy atom. The predicted octanol–water partition coefficient (Wildman–Crippen LogP) is 3.57. The van der Waals surface area contributed by atoms with Gasteiger partial charge < -0.3 is 19.5 Å². The number of carbonyl (C=O) groups excluding carboxylic acids is 2. The Morgan fingerprint density at radius 1 is 1.09 bits per heavy atom. The number of aliphatic hydroxyl groups excluding tert-OH is 1. The van der Waals surface area contributed by atoms with E-state index >= 15 is 0 Å². The first-order valence-corrected chi connectivity index (χ1v) is 9.86. The summed E-state index contributed by atoms with van der Waals surface area (Å²) in [6.45, 7) is 0.156. The summed E-state index contributed by atoms with van der Waals surface area (Å²) in [6, 6.07) is 12.9. The fourth-order valence-corrected chi connectivity index (χ4v) is 3.92. The van der Waals surface area contributed by atoms with Crippen molar-refractivity contribution in [3.05, 3.63) is 95.1 Å². The van der Waals surface area contributed by atoms with Gasteiger partial charge in [0, 0.05) is 24.5 Å². The molecule has 1 fully saturated rings. The molecule has 1 amide bonds. The van der Waals surface area contributed by atoms with E-state index in [9.17, 15) is 19.1 Å². The van der Waals surface area contributed by atoms with Crippen molar-refractivity contribution >= 4 is 17.4 Å². The molecule has 2 aliphatic heterocycles. The van der Waals surface area contributed by atoms with Crippen molar-refractivity contribution < 1.29 is 28.6 Å². The van der Waals surface area contributed by atoms with Crippen LogP contribution in [0.3, 0.4) is 0 Å². The number of nitrogens with zero attached hydrogens (tertiary/aromatic N) is 2. The number of fused-ring (bicyclic) bond motifs is 1. The number of ketones is 1. The monoisotopic (exact) mass is 432 g/mol. The minimum atomic E-state index is -0.902. The third-order valence-corrected chi connectivity index (χ3v) is 5.45. The molecular weight excluding hydrogens is 415 g/mol. The van der Waals surface area contributed by atoms with Crippen LogP contribution < -0.4 is 9.47 Å². The lowest BCUT2D eigenvalue weighted by Crippen LogP contribution is -2.29. The average molecular weight is 432 g/mol. The third-order valence-electron chi connectivity index (χ3n) is 5.45. The van der Waals surface area contributed by atoms with Gasteiger partial charge in [0.1, 0.15) is 11.6 Å². The van der Waals surface area contributed by atoms with Gasteiger partial charge in [-0.1, -0.05) is 18.2 Å². The van der Waals surface area contributed by atoms with E-state index in [2.05, 4.69) is 4.98 Å². The minimum Gasteiger partial charge on any atom is -0.507 e. The Morgan fingerprint density at radius 2 is 1.88 bits per heavy atom. The molecule has 0 radical (unpaired) electrons. The second kappa shape index (κ2) is 7.81. The number of hydrogen-bond acceptors (Lipinski definition) is 6. The van der Waals surface area contributed by atoms with Gasteiger partial charge >= 0.3 is 0 Å². The number of aliphatic hydroxyl groups is 1. The molecule has 2 aromatic carbocycles. The van der Waals surface area contributed by atoms with E-state index < -0.39 is 23.5 Å². The fourth-order valence-electron chi connectivity index (χ4n) is 3.92. The van der Waals surface area contributed by atoms with Crippen molar-refractivity contribution in [3.63, 3.8) is 0 Å². The molecule has 1 atom stereocenters. The zero-order valence-corrected chi connectivity index (χ0v) is 16.7. The number of benzene rings is 2. The van der Waals surface area contributed by atoms with Gasteiger partial charge in [-0.05, 0) is 47.5 Å². The lowest BCUT2D eigenvalue weighted by molar-refractivity contribution is -0.140. The second-order valence-electron chi connectivity index (χ2n) is 7.41. The van der Waals surface area contributed by atoms with Crippen molar-refractivity contribution in [2.45, 2.75) is 12.6 Å². The molecule has 2 aliphatic rings. The Hall–Kier alpha value is -4.20. The van der Waals surface area contributed by atoms with Crippen LogP contribution in [0.2, 0.25) is 0 Å². The van der Waals surface area contributed by atoms with Gasteiger partial charge in [-0.25, -0.2) is 4.39 Å². The summed E-state index contributed by atoms with van der Waals surface area (Å²) in [5.41, 5.74) is 1.44. The normalized spacial score (nSPS) is 18.9. The van der Waals surface area contributed by atoms with Gasteiger partial charge in [0.05, 0.1) is 11.6 Å². The number of amides is 1. The topological polar surface area (TPSA) is 89.0 Å². The maximum absolute atomic E-state index is 13.6. The van der Waals surface area contributed by atoms with Gasteiger partial charge in [0.25, 0.3) is 11.7 Å². The lowest BCUT2D eigenvalue weighted by Gasteiger charge is -2.25. The van der Waals surface area contributed by atoms with E-state index in [1.165, 1.54) is 29.2 Å². The quantitative estimate of drug-likeness (QED) is 0.385. The first kappa shape index (κ1) is 19.7. The molecule has 3 aromatic rings. The number of pyridine rings is 1. The predicted molar refractivity (Wildman–Crippen MR) is 111 cm³/mol. The highest BCUT2D eigenvalue weighted by Gasteiger charge is 2.46. The fraction of sp³-hybridized carbons (Fsp3) is 0.125. The summed E-state index contributed by atoms with van der Waals surface area (Å²) >= 11 is 0. The molecule has 1 unspecified atom stereocenters. The third kappa shape index (κ3) is 3.35. The molecule has 0 saturated carbocycles. The highest BCUT2D eigenvalue weighted by atomic mass is 19.1. The molecule has 1 N–H and O–H groups in total. The molecule has 160 valence electrons. The number of rotatable bonds is 4. The Balaban J connectivity index is 1.64. The summed E-state index contributed by atoms with van der Waals surface area (Å²) in [4.78, 5) is 31.4. The SMILES string of the molecule is O=C1C(=O)N(Cc2cccnc2)C(c2ccc(F)cc2)/C1=C(\O)c1ccc2c(c1)OCO2. The zero-order valence-electron chi connectivity index (χ0n) is 16.7. The smallest absolute Gasteiger partial charge is 0.295 e. The van der Waals surface area contributed by atoms with Crippen molar-refractivity contribution in [1.82, 2.24) is 9.88 Å². The summed E-state index contributed by atoms with van der Waals surface area (Å²) in [5, 5.41) is 11.1. The van der Waals surface area contributed by atoms with Gasteiger partial charge in [0.2, 0.25) is 6.79 Å². The van der Waals surface area contributed by atoms with Crippen molar-refractivity contribution in [3.8, 4) is 11.5 Å². The molecule has 8 heteroatoms. The maximum Gasteiger partial charge on any atom is 0.295 e. The molecule has 7 nitrogen and oxygen atoms in total. The maximum atomic E-state index is 13.6. The Bertz CT molecular complexity index is 1240. The van der Waals surface area contributed by atoms with E-state index in [-0.39, 0.29) is 24.7 Å². The number of carbonyl (C=O) groups is 2. The van der Waals surface area contributed by atoms with Crippen LogP contribution in [-0.2, 0) is 16.1 Å². The number of ether oxygens (including phenoxy) is 2. The second-order valence-corrected chi connectivity index (χ2v) is 7.41. The largest absolute Gasteiger partial charge is 0.507 e. The first-order chi connectivity index (χ1) is 15.5. The molecule has 5 rings (SSSR count). The summed E-state index contributed by atoms with van der Waals surface area (Å²) < 4.78 is 24.2. The van der Waals surface area contributed by atoms with Crippen LogP contribution >= 0.6 is 0 Å². The van der Waals surface area contributed by atoms with Gasteiger partial charge in [-0.15, -0.1) is 0 Å². The molecule has 1 aromatic heterocycles. The highest BCUT2D eigenvalue weighted by Crippen LogP contribution is 2.42. The van der Waals surface area contributed by atoms with E-state index in [0.29, 0.717) is 28.2 Å². The van der Waals surface area contributed by atoms with Crippen LogP contribution in [0.5, 0.6) is 11.5 Å². The zero-order chi connectivity index (χ0) is 22.2. The van der Waals surface area contributed by atoms with Gasteiger partial charge in [0.15, 0.2) is 11.5 Å². The number of aromatic nitrogens is 1. The van der Waals surface area contributed by atoms with Crippen LogP contribution in [0.1, 0.15) is 22.7 Å². The van der Waals surface area contributed by atoms with Crippen molar-refractivity contribution in [2.24, 2.45) is 0 Å². The number of likely N-dealkylation sites (tertiary alicyclic amines) is 1. The lowest BCUT2D eigenvalue weighted by atomic mass is 9.95. The molecule has 0 spiro atoms. The van der Waals surface area contributed by atoms with Crippen LogP contribution in [0.25, 0.3) is 5.76 Å². The number of halogens is 1. The summed E-state index contributed by atoms with van der Waals surface area (Å²) in [5.74, 6) is -1.42. The van der Waals surface area contributed by atoms with Crippen LogP contribution in [0.4, 0.5) is 4.39 Å². The van der Waals surface area contributed by atoms with Crippen LogP contribution in [-0.4, -0.2) is 33.5 Å². The van der Waals surface area contributed by atoms with Crippen LogP contribution in [0.15, 0.2) is 72.6 Å². The van der Waals surface area contributed by atoms with E-state index in [1.807, 2.05) is 0 Å². The average Bonchev–Trinajstić information content (AvgIpc) is 3.38. The first-order valence-electron chi connectivity index (χ1n) is 9.86. The van der Waals surface area contributed by atoms with Gasteiger partial charge in [-0.3, -0.25) is 14.6 Å². The molecule has 0 bridgehead atoms. The minimum absolute atomic E-state index is 0.0601. The Labute approximate surface area is 182 Å². The molecular formula is C24H17FN2O5. The van der Waals surface area contributed by atoms with Crippen molar-refractivity contribution in [1.29, 1.82) is 0 Å². The summed E-state index contributed by atoms with van der Waals surface area (Å²) in [7, 11) is 0. The number of hydrogen-bond donors (Lipinski definition) is 1.